The molecule has 1 N–H and O–H groups in total. The topological polar surface area (TPSA) is 63.2 Å². The fourth-order valence-corrected chi connectivity index (χ4v) is 1.67. The van der Waals surface area contributed by atoms with Gasteiger partial charge in [-0.05, 0) is 0 Å². The van der Waals surface area contributed by atoms with Gasteiger partial charge in [-0.1, -0.05) is 0 Å². The van der Waals surface area contributed by atoms with E-state index in [-0.39, 0.29) is 24.0 Å². The molecule has 1 aliphatic heterocycles. The minimum atomic E-state index is -2.99. The van der Waals surface area contributed by atoms with E-state index in [1.54, 1.807) is 0 Å². The van der Waals surface area contributed by atoms with Crippen molar-refractivity contribution >= 4 is 15.7 Å². The molecule has 0 saturated carbocycles. The zero-order valence-corrected chi connectivity index (χ0v) is 6.15. The molecule has 4 nitrogen and oxygen atoms in total. The Hall–Kier alpha value is -0.580. The Labute approximate surface area is 59.5 Å². The molecular weight excluding hydrogens is 154 g/mol. The maximum Gasteiger partial charge on any atom is 0.225 e. The molecule has 1 saturated heterocycles. The fraction of sp³-hybridized carbons (Fsp3) is 0.600. The van der Waals surface area contributed by atoms with Crippen molar-refractivity contribution in [3.8, 4) is 0 Å². The van der Waals surface area contributed by atoms with Gasteiger partial charge in [0.05, 0.1) is 17.9 Å². The molecule has 0 aromatic rings. The van der Waals surface area contributed by atoms with E-state index >= 15 is 0 Å². The highest BCUT2D eigenvalue weighted by Gasteiger charge is 2.17. The van der Waals surface area contributed by atoms with Crippen LogP contribution in [0.5, 0.6) is 0 Å². The first-order valence-corrected chi connectivity index (χ1v) is 4.74. The molecule has 1 radical (unpaired) electrons. The van der Waals surface area contributed by atoms with Gasteiger partial charge < -0.3 is 5.32 Å². The van der Waals surface area contributed by atoms with Gasteiger partial charge in [0.2, 0.25) is 5.91 Å². The standard InChI is InChI=1S/C5H8NO3S/c7-5-1-3-10(8,9)4-2-6-5/h1H,2-4H2,(H,6,7). The van der Waals surface area contributed by atoms with Gasteiger partial charge in [-0.2, -0.15) is 0 Å². The summed E-state index contributed by atoms with van der Waals surface area (Å²) in [4.78, 5) is 10.5. The molecule has 0 aromatic carbocycles. The van der Waals surface area contributed by atoms with E-state index < -0.39 is 9.84 Å². The number of nitrogens with one attached hydrogen (secondary N) is 1. The first kappa shape index (κ1) is 7.53. The Balaban J connectivity index is 2.66. The molecule has 0 atom stereocenters. The predicted octanol–water partition coefficient (Wildman–Crippen LogP) is -1.26. The normalized spacial score (nSPS) is 25.0. The summed E-state index contributed by atoms with van der Waals surface area (Å²) in [6.07, 6.45) is 1.16. The van der Waals surface area contributed by atoms with Gasteiger partial charge in [0.25, 0.3) is 0 Å². The van der Waals surface area contributed by atoms with Gasteiger partial charge in [0.1, 0.15) is 0 Å². The summed E-state index contributed by atoms with van der Waals surface area (Å²) in [5.74, 6) is -0.366. The molecule has 1 rings (SSSR count). The lowest BCUT2D eigenvalue weighted by atomic mass is 10.4. The van der Waals surface area contributed by atoms with Crippen LogP contribution >= 0.6 is 0 Å². The van der Waals surface area contributed by atoms with Crippen LogP contribution in [0.1, 0.15) is 0 Å². The number of carbonyl (C=O) groups excluding carboxylic acids is 1. The van der Waals surface area contributed by atoms with E-state index in [0.717, 1.165) is 6.42 Å². The van der Waals surface area contributed by atoms with Crippen LogP contribution in [0.2, 0.25) is 0 Å². The van der Waals surface area contributed by atoms with Crippen LogP contribution in [0.15, 0.2) is 0 Å². The van der Waals surface area contributed by atoms with Crippen molar-refractivity contribution in [1.82, 2.24) is 5.32 Å². The molecule has 0 aliphatic carbocycles. The first-order valence-electron chi connectivity index (χ1n) is 2.92. The second kappa shape index (κ2) is 2.57. The molecule has 0 spiro atoms. The molecule has 5 heteroatoms. The van der Waals surface area contributed by atoms with Gasteiger partial charge in [-0.3, -0.25) is 4.79 Å². The largest absolute Gasteiger partial charge is 0.355 e. The summed E-state index contributed by atoms with van der Waals surface area (Å²) < 4.78 is 21.6. The molecule has 1 aliphatic rings. The summed E-state index contributed by atoms with van der Waals surface area (Å²) in [5, 5.41) is 2.43. The Kier molecular flexibility index (Phi) is 1.94. The molecule has 10 heavy (non-hydrogen) atoms. The van der Waals surface area contributed by atoms with Crippen molar-refractivity contribution in [3.05, 3.63) is 6.42 Å². The van der Waals surface area contributed by atoms with Crippen LogP contribution in [0.3, 0.4) is 0 Å². The van der Waals surface area contributed by atoms with Gasteiger partial charge in [-0.25, -0.2) is 8.42 Å². The predicted molar refractivity (Wildman–Crippen MR) is 36.0 cm³/mol. The van der Waals surface area contributed by atoms with Crippen molar-refractivity contribution in [2.24, 2.45) is 0 Å². The van der Waals surface area contributed by atoms with Gasteiger partial charge in [0, 0.05) is 6.54 Å². The number of amides is 1. The maximum atomic E-state index is 10.8. The third-order valence-electron chi connectivity index (χ3n) is 1.23. The highest BCUT2D eigenvalue weighted by molar-refractivity contribution is 7.91. The Morgan fingerprint density at radius 3 is 2.90 bits per heavy atom. The summed E-state index contributed by atoms with van der Waals surface area (Å²) in [6, 6.07) is 0. The summed E-state index contributed by atoms with van der Waals surface area (Å²) in [7, 11) is -2.99. The van der Waals surface area contributed by atoms with Crippen LogP contribution < -0.4 is 5.32 Å². The molecule has 0 aromatic heterocycles. The lowest BCUT2D eigenvalue weighted by Crippen LogP contribution is -2.23. The number of carbonyl (C=O) groups is 1. The van der Waals surface area contributed by atoms with Crippen LogP contribution in [-0.2, 0) is 14.6 Å². The number of rotatable bonds is 0. The Morgan fingerprint density at radius 1 is 1.50 bits per heavy atom. The SMILES string of the molecule is O=C1[CH]CS(=O)(=O)CCN1. The number of hydrogen-bond donors (Lipinski definition) is 1. The molecule has 1 heterocycles. The van der Waals surface area contributed by atoms with Crippen LogP contribution in [0, 0.1) is 6.42 Å². The molecule has 1 fully saturated rings. The molecule has 0 bridgehead atoms. The minimum absolute atomic E-state index is 0.0508. The Bertz CT molecular complexity index is 231. The van der Waals surface area contributed by atoms with E-state index in [0.29, 0.717) is 0 Å². The van der Waals surface area contributed by atoms with Crippen molar-refractivity contribution in [1.29, 1.82) is 0 Å². The number of hydrogen-bond acceptors (Lipinski definition) is 3. The third-order valence-corrected chi connectivity index (χ3v) is 2.74. The maximum absolute atomic E-state index is 10.8. The van der Waals surface area contributed by atoms with Gasteiger partial charge in [-0.15, -0.1) is 0 Å². The monoisotopic (exact) mass is 162 g/mol. The van der Waals surface area contributed by atoms with E-state index in [1.165, 1.54) is 0 Å². The summed E-state index contributed by atoms with van der Waals surface area (Å²) in [5.41, 5.74) is 0. The quantitative estimate of drug-likeness (QED) is 0.483. The second-order valence-corrected chi connectivity index (χ2v) is 4.34. The highest BCUT2D eigenvalue weighted by atomic mass is 32.2. The lowest BCUT2D eigenvalue weighted by Gasteiger charge is -1.93. The van der Waals surface area contributed by atoms with E-state index in [1.807, 2.05) is 0 Å². The molecular formula is C5H8NO3S. The van der Waals surface area contributed by atoms with E-state index in [9.17, 15) is 13.2 Å². The van der Waals surface area contributed by atoms with Crippen molar-refractivity contribution in [2.45, 2.75) is 0 Å². The van der Waals surface area contributed by atoms with Gasteiger partial charge >= 0.3 is 0 Å². The average Bonchev–Trinajstić information content (AvgIpc) is 1.94. The van der Waals surface area contributed by atoms with E-state index in [4.69, 9.17) is 0 Å². The molecule has 0 unspecified atom stereocenters. The van der Waals surface area contributed by atoms with Crippen LogP contribution in [-0.4, -0.2) is 32.4 Å². The zero-order valence-electron chi connectivity index (χ0n) is 5.33. The zero-order chi connectivity index (χ0) is 7.61. The van der Waals surface area contributed by atoms with Crippen LogP contribution in [0.4, 0.5) is 0 Å². The van der Waals surface area contributed by atoms with Crippen molar-refractivity contribution in [3.63, 3.8) is 0 Å². The molecule has 57 valence electrons. The minimum Gasteiger partial charge on any atom is -0.355 e. The smallest absolute Gasteiger partial charge is 0.225 e. The number of sulfone groups is 1. The summed E-state index contributed by atoms with van der Waals surface area (Å²) >= 11 is 0. The second-order valence-electron chi connectivity index (χ2n) is 2.11. The van der Waals surface area contributed by atoms with E-state index in [2.05, 4.69) is 5.32 Å². The first-order chi connectivity index (χ1) is 4.60. The molecule has 1 amide bonds. The van der Waals surface area contributed by atoms with Crippen molar-refractivity contribution < 1.29 is 13.2 Å². The van der Waals surface area contributed by atoms with Crippen LogP contribution in [0.25, 0.3) is 0 Å². The lowest BCUT2D eigenvalue weighted by molar-refractivity contribution is -0.117. The Morgan fingerprint density at radius 2 is 2.20 bits per heavy atom. The highest BCUT2D eigenvalue weighted by Crippen LogP contribution is 1.96. The van der Waals surface area contributed by atoms with Crippen molar-refractivity contribution in [2.75, 3.05) is 18.1 Å². The average molecular weight is 162 g/mol. The van der Waals surface area contributed by atoms with Gasteiger partial charge in [0.15, 0.2) is 9.84 Å². The summed E-state index contributed by atoms with van der Waals surface area (Å²) in [6.45, 7) is 0.234. The third kappa shape index (κ3) is 1.98. The fourth-order valence-electron chi connectivity index (χ4n) is 0.688.